The Bertz CT molecular complexity index is 357. The number of nitrogens with zero attached hydrogens (tertiary/aromatic N) is 3. The van der Waals surface area contributed by atoms with E-state index in [4.69, 9.17) is 0 Å². The number of fused-ring (bicyclic) bond motifs is 1. The van der Waals surface area contributed by atoms with Crippen LogP contribution in [0.1, 0.15) is 0 Å². The van der Waals surface area contributed by atoms with E-state index < -0.39 is 0 Å². The van der Waals surface area contributed by atoms with Gasteiger partial charge in [-0.1, -0.05) is 6.58 Å². The topological polar surface area (TPSA) is 62.2 Å². The molecule has 5 heteroatoms. The largest absolute Gasteiger partial charge is 0.266 e. The zero-order chi connectivity index (χ0) is 6.97. The van der Waals surface area contributed by atoms with E-state index in [9.17, 15) is 0 Å². The number of hydrogen-bond acceptors (Lipinski definition) is 5. The van der Waals surface area contributed by atoms with Gasteiger partial charge in [-0.2, -0.15) is 5.10 Å². The Morgan fingerprint density at radius 3 is 3.10 bits per heavy atom. The Kier molecular flexibility index (Phi) is 0.858. The molecule has 1 aliphatic rings. The summed E-state index contributed by atoms with van der Waals surface area (Å²) in [5, 5.41) is 5.16. The van der Waals surface area contributed by atoms with Crippen molar-refractivity contribution in [1.82, 2.24) is 15.5 Å². The van der Waals surface area contributed by atoms with Gasteiger partial charge in [-0.25, -0.2) is 15.5 Å². The first kappa shape index (κ1) is 5.16. The molecule has 0 bridgehead atoms. The Morgan fingerprint density at radius 1 is 1.40 bits per heavy atom. The van der Waals surface area contributed by atoms with E-state index in [1.807, 2.05) is 0 Å². The smallest absolute Gasteiger partial charge is 0.177 e. The van der Waals surface area contributed by atoms with Crippen molar-refractivity contribution in [3.8, 4) is 0 Å². The average molecular weight is 135 g/mol. The van der Waals surface area contributed by atoms with Crippen molar-refractivity contribution in [1.29, 1.82) is 0 Å². The molecule has 0 unspecified atom stereocenters. The lowest BCUT2D eigenvalue weighted by molar-refractivity contribution is 0.885. The molecule has 1 aromatic rings. The summed E-state index contributed by atoms with van der Waals surface area (Å²) < 4.78 is 0. The van der Waals surface area contributed by atoms with Crippen molar-refractivity contribution in [2.75, 3.05) is 5.43 Å². The van der Waals surface area contributed by atoms with Crippen molar-refractivity contribution in [2.24, 2.45) is 5.10 Å². The van der Waals surface area contributed by atoms with Crippen molar-refractivity contribution >= 4 is 12.4 Å². The summed E-state index contributed by atoms with van der Waals surface area (Å²) in [5.74, 6) is 0.681. The van der Waals surface area contributed by atoms with E-state index in [1.165, 1.54) is 6.33 Å². The van der Waals surface area contributed by atoms with Gasteiger partial charge in [0.25, 0.3) is 0 Å². The molecule has 0 amide bonds. The average Bonchev–Trinajstić information content (AvgIpc) is 2.36. The molecule has 2 N–H and O–H groups in total. The van der Waals surface area contributed by atoms with Crippen LogP contribution in [0.15, 0.2) is 11.4 Å². The zero-order valence-electron chi connectivity index (χ0n) is 5.13. The van der Waals surface area contributed by atoms with Gasteiger partial charge in [0.1, 0.15) is 6.33 Å². The summed E-state index contributed by atoms with van der Waals surface area (Å²) in [6, 6.07) is 0. The molecule has 10 heavy (non-hydrogen) atoms. The van der Waals surface area contributed by atoms with Gasteiger partial charge in [0.2, 0.25) is 0 Å². The van der Waals surface area contributed by atoms with E-state index in [-0.39, 0.29) is 0 Å². The van der Waals surface area contributed by atoms with Crippen LogP contribution in [0, 0.1) is 0 Å². The van der Waals surface area contributed by atoms with E-state index in [1.54, 1.807) is 0 Å². The van der Waals surface area contributed by atoms with Crippen molar-refractivity contribution in [3.05, 3.63) is 17.0 Å². The van der Waals surface area contributed by atoms with E-state index in [0.29, 0.717) is 16.5 Å². The minimum absolute atomic E-state index is 0.627. The highest BCUT2D eigenvalue weighted by Crippen LogP contribution is 1.87. The molecule has 0 saturated carbocycles. The lowest BCUT2D eigenvalue weighted by Crippen LogP contribution is -2.26. The van der Waals surface area contributed by atoms with Gasteiger partial charge in [0, 0.05) is 0 Å². The molecule has 1 aliphatic heterocycles. The number of nitrogens with one attached hydrogen (secondary N) is 2. The highest BCUT2D eigenvalue weighted by atomic mass is 15.6. The molecule has 50 valence electrons. The van der Waals surface area contributed by atoms with Crippen molar-refractivity contribution in [3.63, 3.8) is 0 Å². The van der Waals surface area contributed by atoms with Crippen molar-refractivity contribution < 1.29 is 0 Å². The summed E-state index contributed by atoms with van der Waals surface area (Å²) >= 11 is 0. The summed E-state index contributed by atoms with van der Waals surface area (Å²) in [6.07, 6.45) is 1.44. The Labute approximate surface area is 56.5 Å². The fourth-order valence-electron chi connectivity index (χ4n) is 0.761. The molecule has 1 aromatic heterocycles. The normalized spacial score (nSPS) is 12.8. The number of rotatable bonds is 0. The molecule has 0 fully saturated rings. The molecule has 0 atom stereocenters. The SMILES string of the molecule is C=c1ncnc2c1=NNN2. The Hall–Kier alpha value is -1.65. The quantitative estimate of drug-likeness (QED) is 0.447. The molecular formula is C5H5N5. The number of hydrogen-bond donors (Lipinski definition) is 2. The highest BCUT2D eigenvalue weighted by Gasteiger charge is 2.02. The molecule has 0 radical (unpaired) electrons. The summed E-state index contributed by atoms with van der Waals surface area (Å²) in [4.78, 5) is 7.76. The number of hydrazine groups is 1. The van der Waals surface area contributed by atoms with Crippen LogP contribution in [-0.2, 0) is 0 Å². The van der Waals surface area contributed by atoms with Crippen LogP contribution in [0.25, 0.3) is 6.58 Å². The summed E-state index contributed by atoms with van der Waals surface area (Å²) in [6.45, 7) is 3.67. The summed E-state index contributed by atoms with van der Waals surface area (Å²) in [7, 11) is 0. The molecular weight excluding hydrogens is 130 g/mol. The van der Waals surface area contributed by atoms with E-state index in [0.717, 1.165) is 0 Å². The fourth-order valence-corrected chi connectivity index (χ4v) is 0.761. The predicted molar refractivity (Wildman–Crippen MR) is 35.1 cm³/mol. The van der Waals surface area contributed by atoms with Gasteiger partial charge in [-0.05, 0) is 0 Å². The van der Waals surface area contributed by atoms with Gasteiger partial charge in [-0.3, -0.25) is 5.43 Å². The van der Waals surface area contributed by atoms with E-state index >= 15 is 0 Å². The molecule has 0 spiro atoms. The second-order valence-electron chi connectivity index (χ2n) is 1.87. The first-order valence-corrected chi connectivity index (χ1v) is 2.76. The maximum atomic E-state index is 3.90. The third-order valence-corrected chi connectivity index (χ3v) is 1.24. The van der Waals surface area contributed by atoms with E-state index in [2.05, 4.69) is 32.6 Å². The molecule has 2 rings (SSSR count). The molecule has 0 aliphatic carbocycles. The van der Waals surface area contributed by atoms with Crippen LogP contribution in [0.5, 0.6) is 0 Å². The predicted octanol–water partition coefficient (Wildman–Crippen LogP) is -1.65. The van der Waals surface area contributed by atoms with Gasteiger partial charge in [0.15, 0.2) is 11.2 Å². The van der Waals surface area contributed by atoms with Crippen molar-refractivity contribution in [2.45, 2.75) is 0 Å². The molecule has 0 aromatic carbocycles. The molecule has 0 saturated heterocycles. The number of aromatic nitrogens is 2. The summed E-state index contributed by atoms with van der Waals surface area (Å²) in [5.41, 5.74) is 5.29. The number of anilines is 1. The van der Waals surface area contributed by atoms with Crippen LogP contribution in [-0.4, -0.2) is 9.97 Å². The highest BCUT2D eigenvalue weighted by molar-refractivity contribution is 5.33. The van der Waals surface area contributed by atoms with Crippen LogP contribution < -0.4 is 21.7 Å². The Balaban J connectivity index is 2.91. The lowest BCUT2D eigenvalue weighted by atomic mass is 10.5. The minimum Gasteiger partial charge on any atom is -0.266 e. The second-order valence-corrected chi connectivity index (χ2v) is 1.87. The van der Waals surface area contributed by atoms with Gasteiger partial charge in [0.05, 0.1) is 5.35 Å². The lowest BCUT2D eigenvalue weighted by Gasteiger charge is -1.90. The van der Waals surface area contributed by atoms with Crippen LogP contribution in [0.3, 0.4) is 0 Å². The molecule has 5 nitrogen and oxygen atoms in total. The maximum absolute atomic E-state index is 3.90. The van der Waals surface area contributed by atoms with Gasteiger partial charge in [-0.15, -0.1) is 0 Å². The zero-order valence-corrected chi connectivity index (χ0v) is 5.13. The minimum atomic E-state index is 0.627. The van der Waals surface area contributed by atoms with Gasteiger partial charge < -0.3 is 0 Å². The second kappa shape index (κ2) is 1.66. The maximum Gasteiger partial charge on any atom is 0.177 e. The van der Waals surface area contributed by atoms with Crippen LogP contribution in [0.4, 0.5) is 5.82 Å². The van der Waals surface area contributed by atoms with Crippen LogP contribution >= 0.6 is 0 Å². The van der Waals surface area contributed by atoms with Gasteiger partial charge >= 0.3 is 0 Å². The molecule has 2 heterocycles. The monoisotopic (exact) mass is 135 g/mol. The standard InChI is InChI=1S/C5H5N5/c1-3-4-5(7-2-6-3)9-10-8-4/h2H,1H2,(H2,6,7,8,9,10). The van der Waals surface area contributed by atoms with Crippen LogP contribution in [0.2, 0.25) is 0 Å². The Morgan fingerprint density at radius 2 is 2.30 bits per heavy atom. The first-order chi connectivity index (χ1) is 4.88. The fraction of sp³-hybridized carbons (Fsp3) is 0. The third-order valence-electron chi connectivity index (χ3n) is 1.24. The third kappa shape index (κ3) is 0.540. The first-order valence-electron chi connectivity index (χ1n) is 2.76.